The molecule has 4 aromatic rings. The standard InChI is InChI=1S/C18H16N6O/c1-10-19-15-8-5-13(9-16(15)20-10)18(25)22-14-6-3-12(4-7-14)17-21-11(2)23-24-17/h3-9H,1-2H3,(H,19,20)(H,22,25)(H,21,23,24). The molecule has 0 atom stereocenters. The van der Waals surface area contributed by atoms with E-state index in [1.807, 2.05) is 44.2 Å². The van der Waals surface area contributed by atoms with Crippen LogP contribution >= 0.6 is 0 Å². The molecule has 0 bridgehead atoms. The van der Waals surface area contributed by atoms with Gasteiger partial charge in [-0.15, -0.1) is 0 Å². The van der Waals surface area contributed by atoms with Crippen LogP contribution in [0.5, 0.6) is 0 Å². The number of aromatic amines is 2. The van der Waals surface area contributed by atoms with Crippen molar-refractivity contribution < 1.29 is 4.79 Å². The zero-order valence-electron chi connectivity index (χ0n) is 13.8. The Balaban J connectivity index is 1.53. The predicted molar refractivity (Wildman–Crippen MR) is 95.3 cm³/mol. The first kappa shape index (κ1) is 15.1. The van der Waals surface area contributed by atoms with E-state index in [4.69, 9.17) is 0 Å². The van der Waals surface area contributed by atoms with Crippen molar-refractivity contribution in [1.82, 2.24) is 25.1 Å². The van der Waals surface area contributed by atoms with Gasteiger partial charge in [-0.2, -0.15) is 5.10 Å². The van der Waals surface area contributed by atoms with Crippen molar-refractivity contribution in [2.75, 3.05) is 5.32 Å². The SMILES string of the molecule is Cc1nc(-c2ccc(NC(=O)c3ccc4nc(C)[nH]c4c3)cc2)n[nH]1. The molecule has 0 aliphatic rings. The molecule has 0 unspecified atom stereocenters. The molecule has 2 aromatic heterocycles. The van der Waals surface area contributed by atoms with Crippen molar-refractivity contribution in [2.45, 2.75) is 13.8 Å². The fraction of sp³-hybridized carbons (Fsp3) is 0.111. The highest BCUT2D eigenvalue weighted by Crippen LogP contribution is 2.19. The molecule has 0 aliphatic carbocycles. The van der Waals surface area contributed by atoms with E-state index in [0.29, 0.717) is 17.1 Å². The van der Waals surface area contributed by atoms with E-state index in [-0.39, 0.29) is 5.91 Å². The number of hydrogen-bond acceptors (Lipinski definition) is 4. The Morgan fingerprint density at radius 1 is 1.00 bits per heavy atom. The minimum atomic E-state index is -0.171. The summed E-state index contributed by atoms with van der Waals surface area (Å²) < 4.78 is 0. The maximum Gasteiger partial charge on any atom is 0.255 e. The van der Waals surface area contributed by atoms with E-state index in [9.17, 15) is 4.79 Å². The summed E-state index contributed by atoms with van der Waals surface area (Å²) >= 11 is 0. The second-order valence-corrected chi connectivity index (χ2v) is 5.83. The lowest BCUT2D eigenvalue weighted by Gasteiger charge is -2.06. The number of nitrogens with zero attached hydrogens (tertiary/aromatic N) is 3. The average molecular weight is 332 g/mol. The smallest absolute Gasteiger partial charge is 0.255 e. The number of imidazole rings is 1. The number of fused-ring (bicyclic) bond motifs is 1. The van der Waals surface area contributed by atoms with Gasteiger partial charge < -0.3 is 10.3 Å². The van der Waals surface area contributed by atoms with Crippen molar-refractivity contribution >= 4 is 22.6 Å². The number of H-pyrrole nitrogens is 2. The Hall–Kier alpha value is -3.48. The van der Waals surface area contributed by atoms with Gasteiger partial charge in [0.05, 0.1) is 11.0 Å². The Morgan fingerprint density at radius 3 is 2.52 bits per heavy atom. The lowest BCUT2D eigenvalue weighted by molar-refractivity contribution is 0.102. The molecular formula is C18H16N6O. The zero-order valence-corrected chi connectivity index (χ0v) is 13.8. The summed E-state index contributed by atoms with van der Waals surface area (Å²) in [5, 5.41) is 9.83. The number of nitrogens with one attached hydrogen (secondary N) is 3. The highest BCUT2D eigenvalue weighted by molar-refractivity contribution is 6.06. The number of amides is 1. The van der Waals surface area contributed by atoms with Crippen LogP contribution in [0.3, 0.4) is 0 Å². The number of anilines is 1. The number of aryl methyl sites for hydroxylation is 2. The van der Waals surface area contributed by atoms with Crippen LogP contribution in [0.15, 0.2) is 42.5 Å². The monoisotopic (exact) mass is 332 g/mol. The van der Waals surface area contributed by atoms with Crippen LogP contribution in [-0.2, 0) is 0 Å². The second-order valence-electron chi connectivity index (χ2n) is 5.83. The molecule has 0 saturated heterocycles. The fourth-order valence-electron chi connectivity index (χ4n) is 2.66. The molecule has 3 N–H and O–H groups in total. The fourth-order valence-corrected chi connectivity index (χ4v) is 2.66. The van der Waals surface area contributed by atoms with E-state index < -0.39 is 0 Å². The molecule has 0 spiro atoms. The third-order valence-corrected chi connectivity index (χ3v) is 3.86. The van der Waals surface area contributed by atoms with E-state index in [1.165, 1.54) is 0 Å². The van der Waals surface area contributed by atoms with E-state index in [0.717, 1.165) is 28.2 Å². The van der Waals surface area contributed by atoms with Crippen LogP contribution in [0, 0.1) is 13.8 Å². The molecule has 0 saturated carbocycles. The van der Waals surface area contributed by atoms with Gasteiger partial charge in [0, 0.05) is 16.8 Å². The normalized spacial score (nSPS) is 11.0. The lowest BCUT2D eigenvalue weighted by atomic mass is 10.1. The topological polar surface area (TPSA) is 99.3 Å². The van der Waals surface area contributed by atoms with Gasteiger partial charge in [0.15, 0.2) is 5.82 Å². The average Bonchev–Trinajstić information content (AvgIpc) is 3.19. The first-order valence-corrected chi connectivity index (χ1v) is 7.86. The molecule has 2 heterocycles. The first-order chi connectivity index (χ1) is 12.1. The zero-order chi connectivity index (χ0) is 17.4. The van der Waals surface area contributed by atoms with Gasteiger partial charge >= 0.3 is 0 Å². The van der Waals surface area contributed by atoms with Gasteiger partial charge in [-0.25, -0.2) is 9.97 Å². The number of hydrogen-bond donors (Lipinski definition) is 3. The van der Waals surface area contributed by atoms with Crippen molar-refractivity contribution in [3.05, 3.63) is 59.7 Å². The number of carbonyl (C=O) groups is 1. The minimum absolute atomic E-state index is 0.171. The van der Waals surface area contributed by atoms with E-state index >= 15 is 0 Å². The van der Waals surface area contributed by atoms with Gasteiger partial charge in [-0.05, 0) is 56.3 Å². The molecular weight excluding hydrogens is 316 g/mol. The highest BCUT2D eigenvalue weighted by Gasteiger charge is 2.09. The highest BCUT2D eigenvalue weighted by atomic mass is 16.1. The predicted octanol–water partition coefficient (Wildman–Crippen LogP) is 3.22. The van der Waals surface area contributed by atoms with Crippen molar-refractivity contribution in [1.29, 1.82) is 0 Å². The molecule has 7 heteroatoms. The van der Waals surface area contributed by atoms with Crippen molar-refractivity contribution in [3.63, 3.8) is 0 Å². The third kappa shape index (κ3) is 2.99. The summed E-state index contributed by atoms with van der Waals surface area (Å²) in [6, 6.07) is 12.8. The van der Waals surface area contributed by atoms with E-state index in [2.05, 4.69) is 30.5 Å². The molecule has 0 fully saturated rings. The Labute approximate surface area is 143 Å². The summed E-state index contributed by atoms with van der Waals surface area (Å²) in [4.78, 5) is 24.2. The van der Waals surface area contributed by atoms with Gasteiger partial charge in [0.1, 0.15) is 11.6 Å². The maximum atomic E-state index is 12.4. The summed E-state index contributed by atoms with van der Waals surface area (Å²) in [6.07, 6.45) is 0. The van der Waals surface area contributed by atoms with Crippen LogP contribution in [-0.4, -0.2) is 31.1 Å². The van der Waals surface area contributed by atoms with Crippen LogP contribution in [0.1, 0.15) is 22.0 Å². The quantitative estimate of drug-likeness (QED) is 0.536. The van der Waals surface area contributed by atoms with Crippen LogP contribution in [0.4, 0.5) is 5.69 Å². The number of aromatic nitrogens is 5. The van der Waals surface area contributed by atoms with Crippen LogP contribution in [0.2, 0.25) is 0 Å². The van der Waals surface area contributed by atoms with Crippen molar-refractivity contribution in [2.24, 2.45) is 0 Å². The Kier molecular flexibility index (Phi) is 3.53. The van der Waals surface area contributed by atoms with Crippen molar-refractivity contribution in [3.8, 4) is 11.4 Å². The lowest BCUT2D eigenvalue weighted by Crippen LogP contribution is -2.11. The summed E-state index contributed by atoms with van der Waals surface area (Å²) in [7, 11) is 0. The largest absolute Gasteiger partial charge is 0.342 e. The van der Waals surface area contributed by atoms with Gasteiger partial charge in [-0.1, -0.05) is 0 Å². The molecule has 0 aliphatic heterocycles. The summed E-state index contributed by atoms with van der Waals surface area (Å²) in [6.45, 7) is 3.74. The molecule has 4 rings (SSSR count). The molecule has 0 radical (unpaired) electrons. The van der Waals surface area contributed by atoms with Gasteiger partial charge in [0.25, 0.3) is 5.91 Å². The third-order valence-electron chi connectivity index (χ3n) is 3.86. The number of rotatable bonds is 3. The number of carbonyl (C=O) groups excluding carboxylic acids is 1. The van der Waals surface area contributed by atoms with Gasteiger partial charge in [-0.3, -0.25) is 9.89 Å². The van der Waals surface area contributed by atoms with E-state index in [1.54, 1.807) is 12.1 Å². The van der Waals surface area contributed by atoms with Crippen LogP contribution in [0.25, 0.3) is 22.4 Å². The second kappa shape index (κ2) is 5.86. The van der Waals surface area contributed by atoms with Gasteiger partial charge in [0.2, 0.25) is 0 Å². The minimum Gasteiger partial charge on any atom is -0.342 e. The first-order valence-electron chi connectivity index (χ1n) is 7.86. The molecule has 1 amide bonds. The summed E-state index contributed by atoms with van der Waals surface area (Å²) in [5.74, 6) is 2.05. The molecule has 25 heavy (non-hydrogen) atoms. The maximum absolute atomic E-state index is 12.4. The number of benzene rings is 2. The molecule has 2 aromatic carbocycles. The Morgan fingerprint density at radius 2 is 1.80 bits per heavy atom. The Bertz CT molecular complexity index is 1060. The molecule has 124 valence electrons. The molecule has 7 nitrogen and oxygen atoms in total. The summed E-state index contributed by atoms with van der Waals surface area (Å²) in [5.41, 5.74) is 3.86. The van der Waals surface area contributed by atoms with Crippen LogP contribution < -0.4 is 5.32 Å².